The Morgan fingerprint density at radius 3 is 2.02 bits per heavy atom. The summed E-state index contributed by atoms with van der Waals surface area (Å²) in [6.07, 6.45) is 1.00. The van der Waals surface area contributed by atoms with Crippen LogP contribution in [0.4, 0.5) is 9.59 Å². The third-order valence-electron chi connectivity index (χ3n) is 6.94. The maximum Gasteiger partial charge on any atom is 0.408 e. The number of aromatic nitrogens is 1. The molecule has 2 rings (SSSR count). The summed E-state index contributed by atoms with van der Waals surface area (Å²) in [6, 6.07) is 0.536. The fourth-order valence-corrected chi connectivity index (χ4v) is 4.49. The molecule has 1 aromatic heterocycles. The van der Waals surface area contributed by atoms with E-state index in [2.05, 4.69) is 26.3 Å². The van der Waals surface area contributed by atoms with Crippen LogP contribution in [-0.2, 0) is 35.1 Å². The molecule has 0 radical (unpaired) electrons. The van der Waals surface area contributed by atoms with E-state index >= 15 is 0 Å². The average Bonchev–Trinajstić information content (AvgIpc) is 3.34. The minimum Gasteiger partial charge on any atom is -0.480 e. The lowest BCUT2D eigenvalue weighted by atomic mass is 10.0. The van der Waals surface area contributed by atoms with E-state index in [0.717, 1.165) is 21.4 Å². The molecule has 0 bridgehead atoms. The number of amides is 5. The summed E-state index contributed by atoms with van der Waals surface area (Å²) in [6.45, 7) is 14.2. The predicted octanol–water partition coefficient (Wildman–Crippen LogP) is 2.44. The Hall–Kier alpha value is -4.82. The summed E-state index contributed by atoms with van der Waals surface area (Å²) in [5.41, 5.74) is -0.0134. The van der Waals surface area contributed by atoms with Crippen LogP contribution in [0.3, 0.4) is 0 Å². The third-order valence-corrected chi connectivity index (χ3v) is 6.94. The minimum absolute atomic E-state index is 0.0904. The number of hydrogen-bond acceptors (Lipinski definition) is 8. The van der Waals surface area contributed by atoms with Gasteiger partial charge in [-0.25, -0.2) is 19.2 Å². The summed E-state index contributed by atoms with van der Waals surface area (Å²) in [4.78, 5) is 80.5. The smallest absolute Gasteiger partial charge is 0.408 e. The van der Waals surface area contributed by atoms with Gasteiger partial charge in [0.25, 0.3) is 0 Å². The van der Waals surface area contributed by atoms with Gasteiger partial charge in [0.1, 0.15) is 35.4 Å². The monoisotopic (exact) mass is 660 g/mol. The molecule has 260 valence electrons. The van der Waals surface area contributed by atoms with Crippen molar-refractivity contribution in [3.8, 4) is 0 Å². The van der Waals surface area contributed by atoms with Gasteiger partial charge < -0.3 is 45.7 Å². The topological polar surface area (TPSA) is 208 Å². The van der Waals surface area contributed by atoms with E-state index < -0.39 is 77.3 Å². The molecule has 5 atom stereocenters. The van der Waals surface area contributed by atoms with E-state index in [1.165, 1.54) is 27.8 Å². The van der Waals surface area contributed by atoms with Gasteiger partial charge in [0.2, 0.25) is 11.8 Å². The van der Waals surface area contributed by atoms with Crippen LogP contribution >= 0.6 is 0 Å². The van der Waals surface area contributed by atoms with Gasteiger partial charge in [-0.1, -0.05) is 18.2 Å². The number of aliphatic carboxylic acids is 1. The maximum atomic E-state index is 13.1. The first-order valence-corrected chi connectivity index (χ1v) is 15.2. The number of benzene rings is 1. The first-order chi connectivity index (χ1) is 21.6. The largest absolute Gasteiger partial charge is 0.480 e. The Bertz CT molecular complexity index is 1460. The number of para-hydroxylation sites is 1. The second-order valence-electron chi connectivity index (χ2n) is 13.4. The molecule has 0 fully saturated rings. The van der Waals surface area contributed by atoms with E-state index in [0.29, 0.717) is 0 Å². The number of nitrogens with zero attached hydrogens (tertiary/aromatic N) is 1. The summed E-state index contributed by atoms with van der Waals surface area (Å²) in [5, 5.41) is 20.5. The van der Waals surface area contributed by atoms with Crippen molar-refractivity contribution in [1.82, 2.24) is 31.2 Å². The number of aromatic amines is 1. The van der Waals surface area contributed by atoms with Crippen LogP contribution < -0.4 is 21.3 Å². The highest BCUT2D eigenvalue weighted by atomic mass is 16.6. The number of carboxylic acid groups (broad SMARTS) is 1. The Morgan fingerprint density at radius 2 is 1.45 bits per heavy atom. The molecule has 0 aliphatic carbocycles. The molecular weight excluding hydrogens is 612 g/mol. The van der Waals surface area contributed by atoms with Crippen molar-refractivity contribution in [3.63, 3.8) is 0 Å². The van der Waals surface area contributed by atoms with Gasteiger partial charge in [-0.05, 0) is 73.9 Å². The lowest BCUT2D eigenvalue weighted by Crippen LogP contribution is -2.60. The number of fused-ring (bicyclic) bond motifs is 1. The predicted molar refractivity (Wildman–Crippen MR) is 173 cm³/mol. The van der Waals surface area contributed by atoms with E-state index in [-0.39, 0.29) is 6.42 Å². The molecule has 0 unspecified atom stereocenters. The number of likely N-dealkylation sites (N-methyl/N-ethyl adjacent to an activating group) is 1. The number of rotatable bonds is 12. The second-order valence-corrected chi connectivity index (χ2v) is 13.4. The minimum atomic E-state index is -1.58. The number of carbonyl (C=O) groups is 6. The number of urea groups is 1. The molecule has 6 N–H and O–H groups in total. The van der Waals surface area contributed by atoms with Gasteiger partial charge in [0.05, 0.1) is 6.04 Å². The van der Waals surface area contributed by atoms with E-state index in [4.69, 9.17) is 9.47 Å². The van der Waals surface area contributed by atoms with Crippen LogP contribution in [0.15, 0.2) is 30.5 Å². The van der Waals surface area contributed by atoms with Crippen LogP contribution in [-0.4, -0.2) is 99.3 Å². The molecule has 1 aromatic carbocycles. The van der Waals surface area contributed by atoms with Gasteiger partial charge in [0.15, 0.2) is 0 Å². The molecule has 0 saturated carbocycles. The molecule has 1 heterocycles. The van der Waals surface area contributed by atoms with Crippen LogP contribution in [0.5, 0.6) is 0 Å². The van der Waals surface area contributed by atoms with E-state index in [9.17, 15) is 33.9 Å². The molecule has 0 aliphatic heterocycles. The number of alkyl carbamates (subject to hydrolysis) is 1. The van der Waals surface area contributed by atoms with Crippen molar-refractivity contribution < 1.29 is 43.3 Å². The first-order valence-electron chi connectivity index (χ1n) is 15.2. The highest BCUT2D eigenvalue weighted by Crippen LogP contribution is 2.20. The highest BCUT2D eigenvalue weighted by molar-refractivity contribution is 5.92. The molecule has 0 spiro atoms. The maximum absolute atomic E-state index is 13.1. The fraction of sp³-hybridized carbons (Fsp3) is 0.562. The number of ether oxygens (including phenoxy) is 2. The van der Waals surface area contributed by atoms with Crippen LogP contribution in [0.2, 0.25) is 0 Å². The molecule has 0 saturated heterocycles. The van der Waals surface area contributed by atoms with Crippen molar-refractivity contribution in [2.45, 2.75) is 110 Å². The fourth-order valence-electron chi connectivity index (χ4n) is 4.49. The molecule has 0 aliphatic rings. The van der Waals surface area contributed by atoms with Gasteiger partial charge in [-0.15, -0.1) is 0 Å². The zero-order chi connectivity index (χ0) is 35.9. The molecule has 47 heavy (non-hydrogen) atoms. The molecule has 2 aromatic rings. The number of H-pyrrole nitrogens is 1. The summed E-state index contributed by atoms with van der Waals surface area (Å²) >= 11 is 0. The number of carbonyl (C=O) groups excluding carboxylic acids is 5. The molecule has 15 nitrogen and oxygen atoms in total. The SMILES string of the molecule is C[C@H](NC(=O)N[C@@H](Cc1c[nH]c2ccccc12)C(=O)OC(C)(C)C)C(=O)N[C@H](C(=O)O)[C@H](C)N(C)C(=O)[C@H](C)NC(=O)OC(C)(C)C. The summed E-state index contributed by atoms with van der Waals surface area (Å²) in [5.74, 6) is -3.60. The quantitative estimate of drug-likeness (QED) is 0.185. The van der Waals surface area contributed by atoms with Crippen molar-refractivity contribution in [1.29, 1.82) is 0 Å². The Morgan fingerprint density at radius 1 is 0.851 bits per heavy atom. The van der Waals surface area contributed by atoms with Crippen LogP contribution in [0.25, 0.3) is 10.9 Å². The highest BCUT2D eigenvalue weighted by Gasteiger charge is 2.35. The van der Waals surface area contributed by atoms with Gasteiger partial charge in [0, 0.05) is 30.6 Å². The van der Waals surface area contributed by atoms with Gasteiger partial charge >= 0.3 is 24.1 Å². The Labute approximate surface area is 274 Å². The van der Waals surface area contributed by atoms with Gasteiger partial charge in [-0.2, -0.15) is 0 Å². The average molecular weight is 661 g/mol. The lowest BCUT2D eigenvalue weighted by Gasteiger charge is -2.32. The van der Waals surface area contributed by atoms with Crippen molar-refractivity contribution in [2.24, 2.45) is 0 Å². The second kappa shape index (κ2) is 15.6. The summed E-state index contributed by atoms with van der Waals surface area (Å²) in [7, 11) is 1.34. The standard InChI is InChI=1S/C32H48N6O9/c1-17(25(39)37-24(27(41)42)19(3)38(10)26(40)18(2)35-30(45)47-32(7,8)9)34-29(44)36-23(28(43)46-31(4,5)6)15-20-16-33-22-14-12-11-13-21(20)22/h11-14,16-19,23-24,33H,15H2,1-10H3,(H,35,45)(H,37,39)(H,41,42)(H2,34,36,44)/t17-,18-,19-,23-,24-/m0/s1. The zero-order valence-electron chi connectivity index (χ0n) is 28.6. The van der Waals surface area contributed by atoms with E-state index in [1.807, 2.05) is 24.3 Å². The normalized spacial score (nSPS) is 14.9. The number of carboxylic acids is 1. The zero-order valence-corrected chi connectivity index (χ0v) is 28.6. The number of esters is 1. The lowest BCUT2D eigenvalue weighted by molar-refractivity contribution is -0.157. The molecular formula is C32H48N6O9. The Kier molecular flexibility index (Phi) is 12.8. The third kappa shape index (κ3) is 11.8. The van der Waals surface area contributed by atoms with Crippen LogP contribution in [0, 0.1) is 0 Å². The summed E-state index contributed by atoms with van der Waals surface area (Å²) < 4.78 is 10.7. The van der Waals surface area contributed by atoms with Gasteiger partial charge in [-0.3, -0.25) is 9.59 Å². The number of hydrogen-bond donors (Lipinski definition) is 6. The van der Waals surface area contributed by atoms with Crippen molar-refractivity contribution in [2.75, 3.05) is 7.05 Å². The van der Waals surface area contributed by atoms with Crippen molar-refractivity contribution >= 4 is 46.8 Å². The molecule has 5 amide bonds. The first kappa shape index (κ1) is 38.4. The van der Waals surface area contributed by atoms with Crippen molar-refractivity contribution in [3.05, 3.63) is 36.0 Å². The Balaban J connectivity index is 2.09. The molecule has 15 heteroatoms. The van der Waals surface area contributed by atoms with E-state index in [1.54, 1.807) is 47.7 Å². The van der Waals surface area contributed by atoms with Crippen LogP contribution in [0.1, 0.15) is 67.9 Å². The number of nitrogens with one attached hydrogen (secondary N) is 5.